The Labute approximate surface area is 95.3 Å². The van der Waals surface area contributed by atoms with Gasteiger partial charge in [-0.25, -0.2) is 4.79 Å². The lowest BCUT2D eigenvalue weighted by molar-refractivity contribution is -0.131. The molecule has 0 fully saturated rings. The fourth-order valence-corrected chi connectivity index (χ4v) is 1.82. The van der Waals surface area contributed by atoms with E-state index in [1.165, 1.54) is 0 Å². The lowest BCUT2D eigenvalue weighted by Crippen LogP contribution is -1.88. The molecule has 1 N–H and O–H groups in total. The number of carboxylic acid groups (broad SMARTS) is 1. The van der Waals surface area contributed by atoms with Crippen molar-refractivity contribution in [1.82, 2.24) is 0 Å². The maximum Gasteiger partial charge on any atom is 0.327 e. The van der Waals surface area contributed by atoms with Gasteiger partial charge in [0.15, 0.2) is 0 Å². The predicted molar refractivity (Wildman–Crippen MR) is 59.6 cm³/mol. The van der Waals surface area contributed by atoms with Crippen LogP contribution in [0.4, 0.5) is 0 Å². The minimum Gasteiger partial charge on any atom is -0.478 e. The van der Waals surface area contributed by atoms with Gasteiger partial charge in [0.25, 0.3) is 0 Å². The van der Waals surface area contributed by atoms with Crippen LogP contribution in [0.25, 0.3) is 0 Å². The molecule has 74 valence electrons. The normalized spacial score (nSPS) is 10.7. The van der Waals surface area contributed by atoms with E-state index < -0.39 is 5.97 Å². The zero-order valence-electron chi connectivity index (χ0n) is 7.21. The first kappa shape index (κ1) is 11.3. The third kappa shape index (κ3) is 3.52. The van der Waals surface area contributed by atoms with Crippen molar-refractivity contribution in [2.75, 3.05) is 0 Å². The summed E-state index contributed by atoms with van der Waals surface area (Å²) in [5, 5.41) is 9.04. The zero-order chi connectivity index (χ0) is 10.6. The Hall–Kier alpha value is -0.800. The number of benzene rings is 1. The van der Waals surface area contributed by atoms with E-state index in [1.807, 2.05) is 6.07 Å². The minimum atomic E-state index is -0.935. The molecule has 0 heterocycles. The Morgan fingerprint density at radius 1 is 1.57 bits per heavy atom. The highest BCUT2D eigenvalue weighted by Crippen LogP contribution is 2.21. The van der Waals surface area contributed by atoms with Crippen LogP contribution < -0.4 is 0 Å². The van der Waals surface area contributed by atoms with Gasteiger partial charge < -0.3 is 5.11 Å². The molecule has 0 aromatic heterocycles. The second-order valence-electron chi connectivity index (χ2n) is 2.68. The SMILES string of the molecule is O=C(O)/C=C/Cc1ccc(Cl)cc1Br. The second-order valence-corrected chi connectivity index (χ2v) is 3.97. The summed E-state index contributed by atoms with van der Waals surface area (Å²) in [7, 11) is 0. The van der Waals surface area contributed by atoms with Gasteiger partial charge in [-0.2, -0.15) is 0 Å². The molecule has 2 nitrogen and oxygen atoms in total. The fraction of sp³-hybridized carbons (Fsp3) is 0.100. The molecule has 1 aromatic rings. The number of carbonyl (C=O) groups is 1. The van der Waals surface area contributed by atoms with E-state index in [-0.39, 0.29) is 0 Å². The van der Waals surface area contributed by atoms with E-state index in [1.54, 1.807) is 18.2 Å². The topological polar surface area (TPSA) is 37.3 Å². The standard InChI is InChI=1S/C10H8BrClO2/c11-9-6-8(12)5-4-7(9)2-1-3-10(13)14/h1,3-6H,2H2,(H,13,14)/b3-1+. The largest absolute Gasteiger partial charge is 0.478 e. The van der Waals surface area contributed by atoms with Gasteiger partial charge in [-0.15, -0.1) is 0 Å². The molecule has 0 atom stereocenters. The van der Waals surface area contributed by atoms with E-state index in [0.29, 0.717) is 11.4 Å². The summed E-state index contributed by atoms with van der Waals surface area (Å²) in [6.07, 6.45) is 3.29. The van der Waals surface area contributed by atoms with Gasteiger partial charge in [-0.05, 0) is 24.1 Å². The second kappa shape index (κ2) is 5.17. The van der Waals surface area contributed by atoms with Gasteiger partial charge in [-0.3, -0.25) is 0 Å². The molecule has 0 unspecified atom stereocenters. The quantitative estimate of drug-likeness (QED) is 0.860. The summed E-state index contributed by atoms with van der Waals surface area (Å²) < 4.78 is 0.889. The molecule has 14 heavy (non-hydrogen) atoms. The number of carboxylic acids is 1. The van der Waals surface area contributed by atoms with Crippen molar-refractivity contribution in [3.05, 3.63) is 45.4 Å². The lowest BCUT2D eigenvalue weighted by atomic mass is 10.1. The number of aliphatic carboxylic acids is 1. The van der Waals surface area contributed by atoms with Crippen LogP contribution in [-0.2, 0) is 11.2 Å². The van der Waals surface area contributed by atoms with Gasteiger partial charge in [0, 0.05) is 15.6 Å². The summed E-state index contributed by atoms with van der Waals surface area (Å²) in [6, 6.07) is 5.42. The minimum absolute atomic E-state index is 0.573. The van der Waals surface area contributed by atoms with Crippen LogP contribution in [-0.4, -0.2) is 11.1 Å². The highest BCUT2D eigenvalue weighted by molar-refractivity contribution is 9.10. The Morgan fingerprint density at radius 3 is 2.86 bits per heavy atom. The smallest absolute Gasteiger partial charge is 0.327 e. The van der Waals surface area contributed by atoms with Crippen LogP contribution in [0.5, 0.6) is 0 Å². The Kier molecular flexibility index (Phi) is 4.17. The molecule has 1 aromatic carbocycles. The monoisotopic (exact) mass is 274 g/mol. The molecular weight excluding hydrogens is 267 g/mol. The Morgan fingerprint density at radius 2 is 2.29 bits per heavy atom. The number of allylic oxidation sites excluding steroid dienone is 1. The van der Waals surface area contributed by atoms with Crippen LogP contribution in [0.2, 0.25) is 5.02 Å². The van der Waals surface area contributed by atoms with Gasteiger partial charge in [0.05, 0.1) is 0 Å². The van der Waals surface area contributed by atoms with Crippen molar-refractivity contribution in [2.45, 2.75) is 6.42 Å². The molecule has 0 saturated carbocycles. The van der Waals surface area contributed by atoms with Crippen molar-refractivity contribution in [3.63, 3.8) is 0 Å². The van der Waals surface area contributed by atoms with Crippen LogP contribution in [0.1, 0.15) is 5.56 Å². The molecule has 0 spiro atoms. The van der Waals surface area contributed by atoms with Crippen molar-refractivity contribution < 1.29 is 9.90 Å². The van der Waals surface area contributed by atoms with E-state index in [4.69, 9.17) is 16.7 Å². The summed E-state index contributed by atoms with van der Waals surface area (Å²) in [4.78, 5) is 10.2. The Bertz CT molecular complexity index is 374. The van der Waals surface area contributed by atoms with E-state index in [0.717, 1.165) is 16.1 Å². The summed E-state index contributed by atoms with van der Waals surface area (Å²) in [5.41, 5.74) is 1.01. The summed E-state index contributed by atoms with van der Waals surface area (Å²) in [5.74, 6) is -0.935. The van der Waals surface area contributed by atoms with Gasteiger partial charge in [-0.1, -0.05) is 39.7 Å². The van der Waals surface area contributed by atoms with Crippen LogP contribution >= 0.6 is 27.5 Å². The molecule has 4 heteroatoms. The van der Waals surface area contributed by atoms with Gasteiger partial charge in [0.1, 0.15) is 0 Å². The molecule has 0 aliphatic heterocycles. The molecule has 0 amide bonds. The summed E-state index contributed by atoms with van der Waals surface area (Å²) >= 11 is 9.11. The molecule has 0 aliphatic carbocycles. The number of hydrogen-bond acceptors (Lipinski definition) is 1. The fourth-order valence-electron chi connectivity index (χ4n) is 0.974. The first-order valence-corrected chi connectivity index (χ1v) is 5.10. The number of halogens is 2. The summed E-state index contributed by atoms with van der Waals surface area (Å²) in [6.45, 7) is 0. The number of hydrogen-bond donors (Lipinski definition) is 1. The average Bonchev–Trinajstić information content (AvgIpc) is 2.08. The van der Waals surface area contributed by atoms with Crippen molar-refractivity contribution in [3.8, 4) is 0 Å². The van der Waals surface area contributed by atoms with Crippen LogP contribution in [0.15, 0.2) is 34.8 Å². The highest BCUT2D eigenvalue weighted by Gasteiger charge is 1.98. The molecule has 1 rings (SSSR count). The maximum absolute atomic E-state index is 10.2. The molecule has 0 saturated heterocycles. The van der Waals surface area contributed by atoms with E-state index >= 15 is 0 Å². The Balaban J connectivity index is 2.73. The van der Waals surface area contributed by atoms with Crippen molar-refractivity contribution in [2.24, 2.45) is 0 Å². The molecular formula is C10H8BrClO2. The lowest BCUT2D eigenvalue weighted by Gasteiger charge is -2.00. The maximum atomic E-state index is 10.2. The molecule has 0 bridgehead atoms. The number of rotatable bonds is 3. The van der Waals surface area contributed by atoms with Crippen molar-refractivity contribution >= 4 is 33.5 Å². The first-order valence-electron chi connectivity index (χ1n) is 3.93. The van der Waals surface area contributed by atoms with Crippen LogP contribution in [0, 0.1) is 0 Å². The van der Waals surface area contributed by atoms with Crippen LogP contribution in [0.3, 0.4) is 0 Å². The molecule has 0 radical (unpaired) electrons. The van der Waals surface area contributed by atoms with Crippen molar-refractivity contribution in [1.29, 1.82) is 0 Å². The van der Waals surface area contributed by atoms with E-state index in [2.05, 4.69) is 15.9 Å². The highest BCUT2D eigenvalue weighted by atomic mass is 79.9. The average molecular weight is 276 g/mol. The van der Waals surface area contributed by atoms with E-state index in [9.17, 15) is 4.79 Å². The predicted octanol–water partition coefficient (Wildman–Crippen LogP) is 3.29. The van der Waals surface area contributed by atoms with Gasteiger partial charge >= 0.3 is 5.97 Å². The zero-order valence-corrected chi connectivity index (χ0v) is 9.55. The first-order chi connectivity index (χ1) is 6.59. The third-order valence-corrected chi connectivity index (χ3v) is 2.59. The third-order valence-electron chi connectivity index (χ3n) is 1.61. The molecule has 0 aliphatic rings. The van der Waals surface area contributed by atoms with Gasteiger partial charge in [0.2, 0.25) is 0 Å².